The van der Waals surface area contributed by atoms with Gasteiger partial charge in [0.25, 0.3) is 0 Å². The Kier molecular flexibility index (Phi) is 6.22. The molecular weight excluding hydrogens is 264 g/mol. The predicted octanol–water partition coefficient (Wildman–Crippen LogP) is 1.28. The Morgan fingerprint density at radius 2 is 1.80 bits per heavy atom. The van der Waals surface area contributed by atoms with Crippen LogP contribution in [0.2, 0.25) is 0 Å². The maximum atomic E-state index is 5.23. The van der Waals surface area contributed by atoms with Crippen LogP contribution >= 0.6 is 15.9 Å². The quantitative estimate of drug-likeness (QED) is 0.703. The summed E-state index contributed by atoms with van der Waals surface area (Å²) < 4.78 is 16.1. The summed E-state index contributed by atoms with van der Waals surface area (Å²) in [5.74, 6) is 0. The van der Waals surface area contributed by atoms with E-state index in [9.17, 15) is 0 Å². The van der Waals surface area contributed by atoms with E-state index >= 15 is 0 Å². The van der Waals surface area contributed by atoms with Crippen molar-refractivity contribution in [2.45, 2.75) is 0 Å². The first-order chi connectivity index (χ1) is 7.33. The zero-order valence-electron chi connectivity index (χ0n) is 8.48. The number of halogens is 1. The molecule has 84 valence electrons. The maximum absolute atomic E-state index is 5.23. The van der Waals surface area contributed by atoms with Gasteiger partial charge in [0.05, 0.1) is 24.3 Å². The van der Waals surface area contributed by atoms with Crippen LogP contribution in [0.5, 0.6) is 6.01 Å². The van der Waals surface area contributed by atoms with Crippen molar-refractivity contribution in [3.63, 3.8) is 0 Å². The third-order valence-corrected chi connectivity index (χ3v) is 1.90. The van der Waals surface area contributed by atoms with Crippen LogP contribution < -0.4 is 4.74 Å². The fourth-order valence-corrected chi connectivity index (χ4v) is 1.02. The second kappa shape index (κ2) is 7.56. The summed E-state index contributed by atoms with van der Waals surface area (Å²) >= 11 is 3.24. The minimum absolute atomic E-state index is 0.355. The Balaban J connectivity index is 2.07. The van der Waals surface area contributed by atoms with Gasteiger partial charge in [0.2, 0.25) is 0 Å². The van der Waals surface area contributed by atoms with Crippen molar-refractivity contribution >= 4 is 15.9 Å². The van der Waals surface area contributed by atoms with Gasteiger partial charge in [-0.25, -0.2) is 9.97 Å². The Labute approximate surface area is 96.9 Å². The fraction of sp³-hybridized carbons (Fsp3) is 0.556. The van der Waals surface area contributed by atoms with Crippen LogP contribution in [0.3, 0.4) is 0 Å². The Morgan fingerprint density at radius 1 is 1.13 bits per heavy atom. The highest BCUT2D eigenvalue weighted by molar-refractivity contribution is 9.10. The van der Waals surface area contributed by atoms with Crippen LogP contribution in [0.1, 0.15) is 0 Å². The molecule has 0 radical (unpaired) electrons. The summed E-state index contributed by atoms with van der Waals surface area (Å²) in [6, 6.07) is 0.355. The lowest BCUT2D eigenvalue weighted by atomic mass is 10.7. The van der Waals surface area contributed by atoms with Crippen LogP contribution in [-0.4, -0.2) is 43.5 Å². The molecule has 1 aromatic heterocycles. The fourth-order valence-electron chi connectivity index (χ4n) is 0.811. The molecule has 1 aromatic rings. The second-order valence-electron chi connectivity index (χ2n) is 2.64. The first-order valence-corrected chi connectivity index (χ1v) is 5.29. The van der Waals surface area contributed by atoms with Gasteiger partial charge in [-0.05, 0) is 15.9 Å². The van der Waals surface area contributed by atoms with Gasteiger partial charge in [-0.3, -0.25) is 0 Å². The second-order valence-corrected chi connectivity index (χ2v) is 3.55. The lowest BCUT2D eigenvalue weighted by molar-refractivity contribution is 0.0528. The minimum Gasteiger partial charge on any atom is -0.461 e. The summed E-state index contributed by atoms with van der Waals surface area (Å²) in [6.45, 7) is 2.10. The lowest BCUT2D eigenvalue weighted by Gasteiger charge is -2.04. The van der Waals surface area contributed by atoms with E-state index in [1.165, 1.54) is 0 Å². The van der Waals surface area contributed by atoms with Gasteiger partial charge in [-0.1, -0.05) is 0 Å². The number of hydrogen-bond acceptors (Lipinski definition) is 5. The molecule has 15 heavy (non-hydrogen) atoms. The molecule has 0 aromatic carbocycles. The maximum Gasteiger partial charge on any atom is 0.316 e. The average Bonchev–Trinajstić information content (AvgIpc) is 2.26. The number of ether oxygens (including phenoxy) is 3. The summed E-state index contributed by atoms with van der Waals surface area (Å²) in [5, 5.41) is 0. The molecule has 0 spiro atoms. The molecule has 0 unspecified atom stereocenters. The monoisotopic (exact) mass is 276 g/mol. The van der Waals surface area contributed by atoms with Gasteiger partial charge in [-0.15, -0.1) is 0 Å². The van der Waals surface area contributed by atoms with Crippen LogP contribution in [0.15, 0.2) is 16.9 Å². The highest BCUT2D eigenvalue weighted by atomic mass is 79.9. The molecule has 0 atom stereocenters. The van der Waals surface area contributed by atoms with Crippen molar-refractivity contribution in [1.29, 1.82) is 0 Å². The molecule has 0 amide bonds. The van der Waals surface area contributed by atoms with Crippen LogP contribution in [0.4, 0.5) is 0 Å². The zero-order chi connectivity index (χ0) is 10.9. The third-order valence-electron chi connectivity index (χ3n) is 1.49. The Morgan fingerprint density at radius 3 is 2.47 bits per heavy atom. The zero-order valence-corrected chi connectivity index (χ0v) is 10.1. The first-order valence-electron chi connectivity index (χ1n) is 4.50. The van der Waals surface area contributed by atoms with Gasteiger partial charge in [-0.2, -0.15) is 0 Å². The van der Waals surface area contributed by atoms with E-state index in [1.54, 1.807) is 19.5 Å². The molecule has 0 saturated carbocycles. The summed E-state index contributed by atoms with van der Waals surface area (Å²) in [5.41, 5.74) is 0. The number of hydrogen-bond donors (Lipinski definition) is 0. The minimum atomic E-state index is 0.355. The average molecular weight is 277 g/mol. The summed E-state index contributed by atoms with van der Waals surface area (Å²) in [4.78, 5) is 7.90. The molecule has 5 nitrogen and oxygen atoms in total. The van der Waals surface area contributed by atoms with Crippen molar-refractivity contribution in [3.05, 3.63) is 16.9 Å². The Hall–Kier alpha value is -0.720. The molecule has 0 bridgehead atoms. The van der Waals surface area contributed by atoms with Crippen LogP contribution in [0.25, 0.3) is 0 Å². The van der Waals surface area contributed by atoms with E-state index in [2.05, 4.69) is 25.9 Å². The number of nitrogens with zero attached hydrogens (tertiary/aromatic N) is 2. The molecule has 0 aliphatic heterocycles. The summed E-state index contributed by atoms with van der Waals surface area (Å²) in [7, 11) is 1.63. The molecule has 6 heteroatoms. The van der Waals surface area contributed by atoms with E-state index in [0.717, 1.165) is 4.47 Å². The SMILES string of the molecule is COCCOCCOc1ncc(Br)cn1. The van der Waals surface area contributed by atoms with Gasteiger partial charge >= 0.3 is 6.01 Å². The van der Waals surface area contributed by atoms with Gasteiger partial charge < -0.3 is 14.2 Å². The number of methoxy groups -OCH3 is 1. The number of aromatic nitrogens is 2. The topological polar surface area (TPSA) is 53.5 Å². The van der Waals surface area contributed by atoms with Crippen molar-refractivity contribution in [1.82, 2.24) is 9.97 Å². The largest absolute Gasteiger partial charge is 0.461 e. The smallest absolute Gasteiger partial charge is 0.316 e. The van der Waals surface area contributed by atoms with E-state index in [-0.39, 0.29) is 0 Å². The van der Waals surface area contributed by atoms with E-state index in [1.807, 2.05) is 0 Å². The highest BCUT2D eigenvalue weighted by Crippen LogP contribution is 2.07. The predicted molar refractivity (Wildman–Crippen MR) is 57.9 cm³/mol. The van der Waals surface area contributed by atoms with Crippen LogP contribution in [-0.2, 0) is 9.47 Å². The van der Waals surface area contributed by atoms with E-state index < -0.39 is 0 Å². The van der Waals surface area contributed by atoms with Gasteiger partial charge in [0.15, 0.2) is 0 Å². The highest BCUT2D eigenvalue weighted by Gasteiger charge is 1.96. The van der Waals surface area contributed by atoms with Gasteiger partial charge in [0.1, 0.15) is 6.61 Å². The molecule has 1 heterocycles. The molecule has 1 rings (SSSR count). The van der Waals surface area contributed by atoms with Crippen LogP contribution in [0, 0.1) is 0 Å². The Bertz CT molecular complexity index is 269. The normalized spacial score (nSPS) is 10.3. The van der Waals surface area contributed by atoms with Crippen molar-refractivity contribution in [2.75, 3.05) is 33.5 Å². The van der Waals surface area contributed by atoms with Crippen molar-refractivity contribution in [3.8, 4) is 6.01 Å². The number of rotatable bonds is 7. The van der Waals surface area contributed by atoms with Gasteiger partial charge in [0, 0.05) is 19.5 Å². The molecule has 0 aliphatic carbocycles. The summed E-state index contributed by atoms with van der Waals surface area (Å²) in [6.07, 6.45) is 3.27. The molecule has 0 aliphatic rings. The standard InChI is InChI=1S/C9H13BrN2O3/c1-13-2-3-14-4-5-15-9-11-6-8(10)7-12-9/h6-7H,2-5H2,1H3. The molecule has 0 N–H and O–H groups in total. The third kappa shape index (κ3) is 5.66. The molecule has 0 fully saturated rings. The first kappa shape index (κ1) is 12.4. The van der Waals surface area contributed by atoms with E-state index in [0.29, 0.717) is 32.4 Å². The van der Waals surface area contributed by atoms with Crippen molar-refractivity contribution in [2.24, 2.45) is 0 Å². The molecular formula is C9H13BrN2O3. The lowest BCUT2D eigenvalue weighted by Crippen LogP contribution is -2.11. The van der Waals surface area contributed by atoms with E-state index in [4.69, 9.17) is 14.2 Å². The molecule has 0 saturated heterocycles. The van der Waals surface area contributed by atoms with Crippen molar-refractivity contribution < 1.29 is 14.2 Å².